The van der Waals surface area contributed by atoms with Crippen LogP contribution < -0.4 is 10.2 Å². The molecule has 2 amide bonds. The van der Waals surface area contributed by atoms with Gasteiger partial charge in [-0.15, -0.1) is 0 Å². The largest absolute Gasteiger partial charge is 0.444 e. The number of rotatable bonds is 3. The Morgan fingerprint density at radius 1 is 1.20 bits per heavy atom. The number of fused-ring (bicyclic) bond motifs is 1. The molecule has 1 atom stereocenters. The number of halogens is 1. The van der Waals surface area contributed by atoms with Crippen molar-refractivity contribution in [2.45, 2.75) is 26.0 Å². The number of hydrogen-bond acceptors (Lipinski definition) is 3. The molecule has 1 saturated heterocycles. The summed E-state index contributed by atoms with van der Waals surface area (Å²) in [6.07, 6.45) is 0.128. The van der Waals surface area contributed by atoms with Crippen molar-refractivity contribution in [2.24, 2.45) is 0 Å². The molecule has 5 nitrogen and oxygen atoms in total. The molecule has 0 aromatic heterocycles. The highest BCUT2D eigenvalue weighted by Gasteiger charge is 2.31. The summed E-state index contributed by atoms with van der Waals surface area (Å²) in [5, 5.41) is 2.75. The van der Waals surface area contributed by atoms with Crippen LogP contribution in [0.2, 0.25) is 0 Å². The molecule has 2 aromatic rings. The molecule has 0 bridgehead atoms. The summed E-state index contributed by atoms with van der Waals surface area (Å²) in [6.45, 7) is 2.83. The van der Waals surface area contributed by atoms with Gasteiger partial charge in [-0.25, -0.2) is 9.18 Å². The normalized spacial score (nSPS) is 19.0. The van der Waals surface area contributed by atoms with Crippen molar-refractivity contribution in [2.75, 3.05) is 11.4 Å². The van der Waals surface area contributed by atoms with E-state index in [2.05, 4.69) is 5.32 Å². The lowest BCUT2D eigenvalue weighted by molar-refractivity contribution is 0.0965. The number of carbonyl (C=O) groups is 2. The second kappa shape index (κ2) is 5.88. The highest BCUT2D eigenvalue weighted by molar-refractivity contribution is 5.99. The van der Waals surface area contributed by atoms with E-state index in [0.29, 0.717) is 35.5 Å². The highest BCUT2D eigenvalue weighted by Crippen LogP contribution is 2.31. The molecule has 2 aliphatic heterocycles. The number of benzene rings is 2. The third-order valence-electron chi connectivity index (χ3n) is 4.69. The van der Waals surface area contributed by atoms with Crippen LogP contribution >= 0.6 is 0 Å². The molecule has 25 heavy (non-hydrogen) atoms. The van der Waals surface area contributed by atoms with E-state index in [-0.39, 0.29) is 12.0 Å². The van der Waals surface area contributed by atoms with Gasteiger partial charge >= 0.3 is 6.09 Å². The van der Waals surface area contributed by atoms with Crippen molar-refractivity contribution in [3.63, 3.8) is 0 Å². The summed E-state index contributed by atoms with van der Waals surface area (Å²) >= 11 is 0. The van der Waals surface area contributed by atoms with E-state index in [1.807, 2.05) is 13.0 Å². The molecule has 2 heterocycles. The lowest BCUT2D eigenvalue weighted by Gasteiger charge is -2.14. The molecule has 4 rings (SSSR count). The lowest BCUT2D eigenvalue weighted by atomic mass is 9.99. The monoisotopic (exact) mass is 340 g/mol. The van der Waals surface area contributed by atoms with Crippen LogP contribution in [0, 0.1) is 5.82 Å². The maximum absolute atomic E-state index is 14.7. The Kier molecular flexibility index (Phi) is 3.67. The molecule has 0 aliphatic carbocycles. The third-order valence-corrected chi connectivity index (χ3v) is 4.69. The predicted molar refractivity (Wildman–Crippen MR) is 90.9 cm³/mol. The van der Waals surface area contributed by atoms with E-state index in [1.54, 1.807) is 24.3 Å². The number of nitrogens with zero attached hydrogens (tertiary/aromatic N) is 1. The SMILES string of the molecule is CCC1CN(c2ccc(-c3ccc4c(c3)CNC4=O)c(F)c2)C(=O)O1. The number of nitrogens with one attached hydrogen (secondary N) is 1. The van der Waals surface area contributed by atoms with Gasteiger partial charge in [0.1, 0.15) is 11.9 Å². The Bertz CT molecular complexity index is 881. The van der Waals surface area contributed by atoms with E-state index >= 15 is 0 Å². The predicted octanol–water partition coefficient (Wildman–Crippen LogP) is 3.47. The van der Waals surface area contributed by atoms with Gasteiger partial charge in [0.25, 0.3) is 5.91 Å². The highest BCUT2D eigenvalue weighted by atomic mass is 19.1. The molecule has 2 aliphatic rings. The molecule has 1 unspecified atom stereocenters. The van der Waals surface area contributed by atoms with Crippen LogP contribution in [0.15, 0.2) is 36.4 Å². The zero-order chi connectivity index (χ0) is 17.6. The topological polar surface area (TPSA) is 58.6 Å². The first-order chi connectivity index (χ1) is 12.1. The number of carbonyl (C=O) groups excluding carboxylic acids is 2. The molecule has 0 radical (unpaired) electrons. The van der Waals surface area contributed by atoms with Crippen molar-refractivity contribution in [1.29, 1.82) is 0 Å². The molecule has 2 aromatic carbocycles. The molecule has 0 saturated carbocycles. The smallest absolute Gasteiger partial charge is 0.414 e. The Balaban J connectivity index is 1.65. The summed E-state index contributed by atoms with van der Waals surface area (Å²) < 4.78 is 19.9. The van der Waals surface area contributed by atoms with E-state index in [4.69, 9.17) is 4.74 Å². The van der Waals surface area contributed by atoms with Gasteiger partial charge in [0.2, 0.25) is 0 Å². The quantitative estimate of drug-likeness (QED) is 0.931. The average molecular weight is 340 g/mol. The summed E-state index contributed by atoms with van der Waals surface area (Å²) in [6, 6.07) is 9.99. The second-order valence-electron chi connectivity index (χ2n) is 6.24. The van der Waals surface area contributed by atoms with Crippen LogP contribution in [0.1, 0.15) is 29.3 Å². The zero-order valence-corrected chi connectivity index (χ0v) is 13.7. The zero-order valence-electron chi connectivity index (χ0n) is 13.7. The Morgan fingerprint density at radius 3 is 2.72 bits per heavy atom. The minimum absolute atomic E-state index is 0.101. The number of amides is 2. The standard InChI is InChI=1S/C19H17FN2O3/c1-2-14-10-22(19(24)25-14)13-4-6-15(17(20)8-13)11-3-5-16-12(7-11)9-21-18(16)23/h3-8,14H,2,9-10H2,1H3,(H,21,23). The average Bonchev–Trinajstić information content (AvgIpc) is 3.17. The first-order valence-electron chi connectivity index (χ1n) is 8.26. The number of anilines is 1. The Hall–Kier alpha value is -2.89. The van der Waals surface area contributed by atoms with Gasteiger partial charge in [0.05, 0.1) is 12.2 Å². The fraction of sp³-hybridized carbons (Fsp3) is 0.263. The first-order valence-corrected chi connectivity index (χ1v) is 8.26. The van der Waals surface area contributed by atoms with Gasteiger partial charge in [-0.3, -0.25) is 9.69 Å². The molecule has 0 spiro atoms. The Labute approximate surface area is 144 Å². The number of cyclic esters (lactones) is 1. The van der Waals surface area contributed by atoms with Crippen LogP contribution in [0.5, 0.6) is 0 Å². The fourth-order valence-corrected chi connectivity index (χ4v) is 3.25. The fourth-order valence-electron chi connectivity index (χ4n) is 3.25. The molecular weight excluding hydrogens is 323 g/mol. The summed E-state index contributed by atoms with van der Waals surface area (Å²) in [4.78, 5) is 25.0. The minimum atomic E-state index is -0.443. The molecule has 128 valence electrons. The molecular formula is C19H17FN2O3. The maximum atomic E-state index is 14.7. The van der Waals surface area contributed by atoms with Gasteiger partial charge in [-0.05, 0) is 47.9 Å². The van der Waals surface area contributed by atoms with Gasteiger partial charge in [0, 0.05) is 17.7 Å². The second-order valence-corrected chi connectivity index (χ2v) is 6.24. The van der Waals surface area contributed by atoms with Crippen LogP contribution in [-0.4, -0.2) is 24.6 Å². The first kappa shape index (κ1) is 15.6. The van der Waals surface area contributed by atoms with Crippen LogP contribution in [0.4, 0.5) is 14.9 Å². The van der Waals surface area contributed by atoms with Gasteiger partial charge in [-0.2, -0.15) is 0 Å². The summed E-state index contributed by atoms with van der Waals surface area (Å²) in [5.74, 6) is -0.516. The van der Waals surface area contributed by atoms with Gasteiger partial charge in [0.15, 0.2) is 0 Å². The third kappa shape index (κ3) is 2.63. The van der Waals surface area contributed by atoms with Crippen LogP contribution in [0.3, 0.4) is 0 Å². The van der Waals surface area contributed by atoms with Gasteiger partial charge < -0.3 is 10.1 Å². The van der Waals surface area contributed by atoms with E-state index in [0.717, 1.165) is 12.0 Å². The molecule has 1 N–H and O–H groups in total. The molecule has 1 fully saturated rings. The van der Waals surface area contributed by atoms with Crippen molar-refractivity contribution >= 4 is 17.7 Å². The summed E-state index contributed by atoms with van der Waals surface area (Å²) in [7, 11) is 0. The van der Waals surface area contributed by atoms with Crippen LogP contribution in [0.25, 0.3) is 11.1 Å². The number of hydrogen-bond donors (Lipinski definition) is 1. The van der Waals surface area contributed by atoms with Crippen molar-refractivity contribution in [3.8, 4) is 11.1 Å². The summed E-state index contributed by atoms with van der Waals surface area (Å²) in [5.41, 5.74) is 3.12. The number of ether oxygens (including phenoxy) is 1. The van der Waals surface area contributed by atoms with Crippen molar-refractivity contribution in [3.05, 3.63) is 53.3 Å². The van der Waals surface area contributed by atoms with Crippen molar-refractivity contribution in [1.82, 2.24) is 5.32 Å². The van der Waals surface area contributed by atoms with E-state index in [9.17, 15) is 14.0 Å². The van der Waals surface area contributed by atoms with Crippen molar-refractivity contribution < 1.29 is 18.7 Å². The minimum Gasteiger partial charge on any atom is -0.444 e. The van der Waals surface area contributed by atoms with Gasteiger partial charge in [-0.1, -0.05) is 13.0 Å². The Morgan fingerprint density at radius 2 is 2.00 bits per heavy atom. The molecule has 6 heteroatoms. The maximum Gasteiger partial charge on any atom is 0.414 e. The van der Waals surface area contributed by atoms with E-state index in [1.165, 1.54) is 11.0 Å². The van der Waals surface area contributed by atoms with Crippen LogP contribution in [-0.2, 0) is 11.3 Å². The lowest BCUT2D eigenvalue weighted by Crippen LogP contribution is -2.24. The van der Waals surface area contributed by atoms with E-state index < -0.39 is 11.9 Å².